The molecule has 0 spiro atoms. The van der Waals surface area contributed by atoms with Gasteiger partial charge in [0.05, 0.1) is 11.8 Å². The Hall–Kier alpha value is -1.39. The molecule has 114 valence electrons. The molecule has 2 heterocycles. The van der Waals surface area contributed by atoms with Gasteiger partial charge in [-0.1, -0.05) is 30.3 Å². The van der Waals surface area contributed by atoms with Crippen LogP contribution < -0.4 is 5.73 Å². The van der Waals surface area contributed by atoms with E-state index < -0.39 is 0 Å². The quantitative estimate of drug-likeness (QED) is 0.656. The molecule has 4 nitrogen and oxygen atoms in total. The van der Waals surface area contributed by atoms with E-state index in [1.165, 1.54) is 19.4 Å². The molecule has 0 saturated carbocycles. The lowest BCUT2D eigenvalue weighted by Gasteiger charge is -2.43. The summed E-state index contributed by atoms with van der Waals surface area (Å²) < 4.78 is 0. The van der Waals surface area contributed by atoms with E-state index in [0.717, 1.165) is 25.2 Å². The van der Waals surface area contributed by atoms with E-state index in [9.17, 15) is 0 Å². The normalized spacial score (nSPS) is 28.2. The Bertz CT molecular complexity index is 487. The van der Waals surface area contributed by atoms with Crippen molar-refractivity contribution >= 4 is 5.84 Å². The van der Waals surface area contributed by atoms with Crippen LogP contribution >= 0.6 is 0 Å². The SMILES string of the molecule is CC1CN2CCCC2CN1CC(C(=N)N)c1ccccc1. The summed E-state index contributed by atoms with van der Waals surface area (Å²) in [5, 5.41) is 7.96. The van der Waals surface area contributed by atoms with E-state index in [4.69, 9.17) is 11.1 Å². The van der Waals surface area contributed by atoms with Crippen LogP contribution in [0.1, 0.15) is 31.2 Å². The van der Waals surface area contributed by atoms with Crippen LogP contribution in [0.4, 0.5) is 0 Å². The Morgan fingerprint density at radius 2 is 2.10 bits per heavy atom. The smallest absolute Gasteiger partial charge is 0.0995 e. The van der Waals surface area contributed by atoms with Crippen LogP contribution in [0.5, 0.6) is 0 Å². The van der Waals surface area contributed by atoms with Crippen LogP contribution in [-0.2, 0) is 0 Å². The molecule has 2 aliphatic rings. The minimum atomic E-state index is 0.0154. The molecule has 2 saturated heterocycles. The molecule has 3 N–H and O–H groups in total. The molecule has 1 aromatic carbocycles. The summed E-state index contributed by atoms with van der Waals surface area (Å²) in [6.45, 7) is 6.71. The van der Waals surface area contributed by atoms with Gasteiger partial charge in [0.2, 0.25) is 0 Å². The standard InChI is InChI=1S/C17H26N4/c1-13-10-20-9-5-8-15(20)11-21(13)12-16(17(18)19)14-6-3-2-4-7-14/h2-4,6-7,13,15-16H,5,8-12H2,1H3,(H3,18,19). The van der Waals surface area contributed by atoms with Crippen molar-refractivity contribution in [2.45, 2.75) is 37.8 Å². The van der Waals surface area contributed by atoms with Crippen LogP contribution in [0.25, 0.3) is 0 Å². The number of amidine groups is 1. The van der Waals surface area contributed by atoms with E-state index in [0.29, 0.717) is 12.1 Å². The number of nitrogens with two attached hydrogens (primary N) is 1. The summed E-state index contributed by atoms with van der Waals surface area (Å²) in [5.41, 5.74) is 7.04. The molecule has 2 fully saturated rings. The number of hydrogen-bond donors (Lipinski definition) is 2. The Kier molecular flexibility index (Phi) is 4.27. The molecule has 0 amide bonds. The minimum absolute atomic E-state index is 0.0154. The average molecular weight is 286 g/mol. The predicted molar refractivity (Wildman–Crippen MR) is 86.7 cm³/mol. The van der Waals surface area contributed by atoms with Crippen LogP contribution in [0, 0.1) is 5.41 Å². The number of piperazine rings is 1. The number of nitrogens with zero attached hydrogens (tertiary/aromatic N) is 2. The van der Waals surface area contributed by atoms with E-state index in [2.05, 4.69) is 28.9 Å². The van der Waals surface area contributed by atoms with Gasteiger partial charge in [0, 0.05) is 31.7 Å². The third-order valence-corrected chi connectivity index (χ3v) is 5.06. The highest BCUT2D eigenvalue weighted by Crippen LogP contribution is 2.27. The van der Waals surface area contributed by atoms with Crippen molar-refractivity contribution in [3.05, 3.63) is 35.9 Å². The van der Waals surface area contributed by atoms with Crippen molar-refractivity contribution in [1.29, 1.82) is 5.41 Å². The molecular weight excluding hydrogens is 260 g/mol. The first-order valence-corrected chi connectivity index (χ1v) is 8.02. The molecule has 4 heteroatoms. The van der Waals surface area contributed by atoms with Crippen LogP contribution in [0.2, 0.25) is 0 Å². The molecule has 3 rings (SSSR count). The van der Waals surface area contributed by atoms with Crippen molar-refractivity contribution in [2.75, 3.05) is 26.2 Å². The lowest BCUT2D eigenvalue weighted by molar-refractivity contribution is 0.0587. The highest BCUT2D eigenvalue weighted by molar-refractivity contribution is 5.84. The molecule has 3 atom stereocenters. The number of rotatable bonds is 4. The summed E-state index contributed by atoms with van der Waals surface area (Å²) in [5.74, 6) is 0.295. The van der Waals surface area contributed by atoms with Gasteiger partial charge in [-0.2, -0.15) is 0 Å². The predicted octanol–water partition coefficient (Wildman–Crippen LogP) is 1.87. The van der Waals surface area contributed by atoms with Crippen LogP contribution in [-0.4, -0.2) is 53.9 Å². The largest absolute Gasteiger partial charge is 0.387 e. The highest BCUT2D eigenvalue weighted by Gasteiger charge is 2.35. The Morgan fingerprint density at radius 1 is 1.33 bits per heavy atom. The van der Waals surface area contributed by atoms with Gasteiger partial charge in [0.15, 0.2) is 0 Å². The fourth-order valence-corrected chi connectivity index (χ4v) is 3.81. The number of hydrogen-bond acceptors (Lipinski definition) is 3. The van der Waals surface area contributed by atoms with E-state index in [1.807, 2.05) is 18.2 Å². The van der Waals surface area contributed by atoms with Crippen molar-refractivity contribution in [2.24, 2.45) is 5.73 Å². The lowest BCUT2D eigenvalue weighted by Crippen LogP contribution is -2.56. The van der Waals surface area contributed by atoms with Crippen molar-refractivity contribution < 1.29 is 0 Å². The monoisotopic (exact) mass is 286 g/mol. The summed E-state index contributed by atoms with van der Waals surface area (Å²) in [4.78, 5) is 5.16. The minimum Gasteiger partial charge on any atom is -0.387 e. The third-order valence-electron chi connectivity index (χ3n) is 5.06. The van der Waals surface area contributed by atoms with Gasteiger partial charge in [-0.3, -0.25) is 15.2 Å². The maximum atomic E-state index is 7.96. The highest BCUT2D eigenvalue weighted by atomic mass is 15.3. The van der Waals surface area contributed by atoms with Gasteiger partial charge < -0.3 is 5.73 Å². The molecule has 3 unspecified atom stereocenters. The van der Waals surface area contributed by atoms with Crippen LogP contribution in [0.3, 0.4) is 0 Å². The molecule has 21 heavy (non-hydrogen) atoms. The van der Waals surface area contributed by atoms with Gasteiger partial charge in [-0.15, -0.1) is 0 Å². The fraction of sp³-hybridized carbons (Fsp3) is 0.588. The van der Waals surface area contributed by atoms with Crippen molar-refractivity contribution in [3.8, 4) is 0 Å². The second-order valence-corrected chi connectivity index (χ2v) is 6.51. The number of fused-ring (bicyclic) bond motifs is 1. The maximum absolute atomic E-state index is 7.96. The fourth-order valence-electron chi connectivity index (χ4n) is 3.81. The summed E-state index contributed by atoms with van der Waals surface area (Å²) >= 11 is 0. The van der Waals surface area contributed by atoms with Gasteiger partial charge in [0.1, 0.15) is 0 Å². The zero-order chi connectivity index (χ0) is 14.8. The molecule has 0 radical (unpaired) electrons. The van der Waals surface area contributed by atoms with Crippen molar-refractivity contribution in [3.63, 3.8) is 0 Å². The average Bonchev–Trinajstić information content (AvgIpc) is 2.92. The lowest BCUT2D eigenvalue weighted by atomic mass is 9.95. The molecule has 0 aromatic heterocycles. The summed E-state index contributed by atoms with van der Waals surface area (Å²) in [7, 11) is 0. The first-order valence-electron chi connectivity index (χ1n) is 8.02. The topological polar surface area (TPSA) is 56.4 Å². The maximum Gasteiger partial charge on any atom is 0.0995 e. The zero-order valence-electron chi connectivity index (χ0n) is 12.8. The second-order valence-electron chi connectivity index (χ2n) is 6.51. The summed E-state index contributed by atoms with van der Waals surface area (Å²) in [6.07, 6.45) is 2.65. The molecular formula is C17H26N4. The summed E-state index contributed by atoms with van der Waals surface area (Å²) in [6, 6.07) is 11.5. The third kappa shape index (κ3) is 3.11. The van der Waals surface area contributed by atoms with E-state index >= 15 is 0 Å². The Morgan fingerprint density at radius 3 is 2.81 bits per heavy atom. The molecule has 0 bridgehead atoms. The first-order chi connectivity index (χ1) is 10.1. The van der Waals surface area contributed by atoms with Gasteiger partial charge >= 0.3 is 0 Å². The molecule has 2 aliphatic heterocycles. The van der Waals surface area contributed by atoms with Gasteiger partial charge in [0.25, 0.3) is 0 Å². The van der Waals surface area contributed by atoms with Gasteiger partial charge in [-0.25, -0.2) is 0 Å². The van der Waals surface area contributed by atoms with Gasteiger partial charge in [-0.05, 0) is 31.9 Å². The second kappa shape index (κ2) is 6.16. The number of nitrogens with one attached hydrogen (secondary N) is 1. The Balaban J connectivity index is 1.72. The molecule has 1 aromatic rings. The number of benzene rings is 1. The van der Waals surface area contributed by atoms with Crippen LogP contribution in [0.15, 0.2) is 30.3 Å². The Labute approximate surface area is 127 Å². The van der Waals surface area contributed by atoms with E-state index in [-0.39, 0.29) is 11.8 Å². The van der Waals surface area contributed by atoms with Crippen molar-refractivity contribution in [1.82, 2.24) is 9.80 Å². The zero-order valence-corrected chi connectivity index (χ0v) is 12.8. The molecule has 0 aliphatic carbocycles. The van der Waals surface area contributed by atoms with E-state index in [1.54, 1.807) is 0 Å². The first kappa shape index (κ1) is 14.5.